The molecular weight excluding hydrogens is 607 g/mol. The predicted molar refractivity (Wildman–Crippen MR) is 184 cm³/mol. The van der Waals surface area contributed by atoms with Crippen molar-refractivity contribution in [2.45, 2.75) is 89.8 Å². The molecule has 0 radical (unpaired) electrons. The number of nitrogens with one attached hydrogen (secondary N) is 1. The maximum atomic E-state index is 13.2. The van der Waals surface area contributed by atoms with Gasteiger partial charge in [0.15, 0.2) is 0 Å². The fraction of sp³-hybridized carbons (Fsp3) is 0.375. The third kappa shape index (κ3) is 10.2. The van der Waals surface area contributed by atoms with Gasteiger partial charge in [-0.15, -0.1) is 0 Å². The van der Waals surface area contributed by atoms with Crippen LogP contribution in [-0.4, -0.2) is 34.7 Å². The van der Waals surface area contributed by atoms with E-state index in [9.17, 15) is 19.1 Å². The highest BCUT2D eigenvalue weighted by molar-refractivity contribution is 5.85. The number of pyridine rings is 1. The first-order valence-electron chi connectivity index (χ1n) is 17.1. The fourth-order valence-electron chi connectivity index (χ4n) is 6.35. The van der Waals surface area contributed by atoms with Crippen LogP contribution in [0.15, 0.2) is 84.9 Å². The highest BCUT2D eigenvalue weighted by Crippen LogP contribution is 2.31. The quantitative estimate of drug-likeness (QED) is 0.0882. The number of halogens is 1. The third-order valence-electron chi connectivity index (χ3n) is 8.91. The molecular formula is C40H45FN2O5. The molecule has 1 aromatic heterocycles. The van der Waals surface area contributed by atoms with Crippen LogP contribution < -0.4 is 10.1 Å². The molecule has 2 unspecified atom stereocenters. The number of ether oxygens (including phenoxy) is 2. The molecule has 0 aliphatic heterocycles. The lowest BCUT2D eigenvalue weighted by Gasteiger charge is -2.31. The molecule has 1 aliphatic carbocycles. The molecule has 252 valence electrons. The van der Waals surface area contributed by atoms with Gasteiger partial charge in [0.2, 0.25) is 0 Å². The van der Waals surface area contributed by atoms with Gasteiger partial charge in [0.05, 0.1) is 6.61 Å². The first-order chi connectivity index (χ1) is 23.4. The molecule has 0 amide bonds. The molecule has 2 atom stereocenters. The van der Waals surface area contributed by atoms with Crippen molar-refractivity contribution in [1.29, 1.82) is 0 Å². The monoisotopic (exact) mass is 652 g/mol. The lowest BCUT2D eigenvalue weighted by molar-refractivity contribution is -0.143. The average Bonchev–Trinajstić information content (AvgIpc) is 3.10. The van der Waals surface area contributed by atoms with Crippen LogP contribution in [0.2, 0.25) is 0 Å². The number of hydrogen-bond acceptors (Lipinski definition) is 6. The summed E-state index contributed by atoms with van der Waals surface area (Å²) in [6, 6.07) is 26.9. The first kappa shape index (κ1) is 34.8. The van der Waals surface area contributed by atoms with Crippen LogP contribution in [0.4, 0.5) is 4.39 Å². The minimum absolute atomic E-state index is 0.0637. The third-order valence-corrected chi connectivity index (χ3v) is 8.91. The van der Waals surface area contributed by atoms with Crippen LogP contribution >= 0.6 is 0 Å². The molecule has 4 aromatic rings. The second kappa shape index (κ2) is 17.6. The van der Waals surface area contributed by atoms with Gasteiger partial charge in [-0.25, -0.2) is 14.2 Å². The van der Waals surface area contributed by atoms with E-state index < -0.39 is 5.97 Å². The number of rotatable bonds is 17. The summed E-state index contributed by atoms with van der Waals surface area (Å²) >= 11 is 0. The molecule has 8 heteroatoms. The van der Waals surface area contributed by atoms with Gasteiger partial charge in [-0.3, -0.25) is 4.79 Å². The van der Waals surface area contributed by atoms with E-state index in [4.69, 9.17) is 9.47 Å². The van der Waals surface area contributed by atoms with Crippen molar-refractivity contribution in [3.63, 3.8) is 0 Å². The second-order valence-corrected chi connectivity index (χ2v) is 12.4. The Bertz CT molecular complexity index is 1640. The topological polar surface area (TPSA) is 97.8 Å². The molecule has 7 nitrogen and oxygen atoms in total. The van der Waals surface area contributed by atoms with Crippen LogP contribution in [0.1, 0.15) is 95.5 Å². The molecule has 1 aliphatic rings. The number of para-hydroxylation sites is 1. The average molecular weight is 653 g/mol. The van der Waals surface area contributed by atoms with Crippen molar-refractivity contribution in [3.05, 3.63) is 130 Å². The van der Waals surface area contributed by atoms with E-state index in [0.717, 1.165) is 91.5 Å². The zero-order valence-corrected chi connectivity index (χ0v) is 27.6. The van der Waals surface area contributed by atoms with E-state index in [1.807, 2.05) is 43.3 Å². The summed E-state index contributed by atoms with van der Waals surface area (Å²) in [4.78, 5) is 27.9. The number of aromatic carboxylic acids is 1. The number of benzene rings is 3. The fourth-order valence-corrected chi connectivity index (χ4v) is 6.35. The Morgan fingerprint density at radius 2 is 1.65 bits per heavy atom. The molecule has 0 saturated carbocycles. The Balaban J connectivity index is 1.23. The summed E-state index contributed by atoms with van der Waals surface area (Å²) in [5.74, 6) is -0.550. The van der Waals surface area contributed by atoms with Crippen molar-refractivity contribution < 1.29 is 28.6 Å². The van der Waals surface area contributed by atoms with E-state index in [2.05, 4.69) is 40.6 Å². The smallest absolute Gasteiger partial charge is 0.354 e. The summed E-state index contributed by atoms with van der Waals surface area (Å²) in [6.07, 6.45) is 8.00. The number of hydrogen-bond donors (Lipinski definition) is 2. The minimum atomic E-state index is -1.01. The molecule has 48 heavy (non-hydrogen) atoms. The number of carboxylic acids is 1. The van der Waals surface area contributed by atoms with Crippen molar-refractivity contribution in [3.8, 4) is 5.75 Å². The van der Waals surface area contributed by atoms with Crippen LogP contribution in [0.5, 0.6) is 5.75 Å². The van der Waals surface area contributed by atoms with Gasteiger partial charge in [-0.2, -0.15) is 0 Å². The standard InChI is InChI=1S/C40H45FN2O5/c1-2-47-39(44)13-6-4-9-33(42-35-10-7-11-36-34(35)24-25-37(43-36)40(45)46)26-31-8-3-5-12-38(31)48-27-30-18-16-28(17-19-30)14-15-29-20-22-32(41)23-21-29/h3,5,8,12,16-25,33,35,42H,2,4,6-7,9-11,13-15,26-27H2,1H3,(H,45,46). The Kier molecular flexibility index (Phi) is 12.7. The minimum Gasteiger partial charge on any atom is -0.489 e. The number of fused-ring (bicyclic) bond motifs is 1. The highest BCUT2D eigenvalue weighted by Gasteiger charge is 2.25. The Morgan fingerprint density at radius 3 is 2.38 bits per heavy atom. The number of unbranched alkanes of at least 4 members (excludes halogenated alkanes) is 1. The molecule has 0 spiro atoms. The van der Waals surface area contributed by atoms with Crippen molar-refractivity contribution in [2.75, 3.05) is 6.61 Å². The highest BCUT2D eigenvalue weighted by atomic mass is 19.1. The number of carbonyl (C=O) groups excluding carboxylic acids is 1. The zero-order chi connectivity index (χ0) is 33.7. The largest absolute Gasteiger partial charge is 0.489 e. The van der Waals surface area contributed by atoms with Gasteiger partial charge in [0.25, 0.3) is 0 Å². The molecule has 5 rings (SSSR count). The van der Waals surface area contributed by atoms with Gasteiger partial charge >= 0.3 is 11.9 Å². The van der Waals surface area contributed by atoms with E-state index in [0.29, 0.717) is 19.6 Å². The van der Waals surface area contributed by atoms with E-state index in [1.165, 1.54) is 17.7 Å². The molecule has 1 heterocycles. The number of carboxylic acid groups (broad SMARTS) is 1. The van der Waals surface area contributed by atoms with E-state index in [1.54, 1.807) is 6.07 Å². The lowest BCUT2D eigenvalue weighted by atomic mass is 9.89. The van der Waals surface area contributed by atoms with Crippen molar-refractivity contribution in [1.82, 2.24) is 10.3 Å². The molecule has 0 saturated heterocycles. The van der Waals surface area contributed by atoms with Crippen LogP contribution in [-0.2, 0) is 41.8 Å². The zero-order valence-electron chi connectivity index (χ0n) is 27.6. The molecule has 0 bridgehead atoms. The lowest BCUT2D eigenvalue weighted by Crippen LogP contribution is -2.36. The van der Waals surface area contributed by atoms with Gasteiger partial charge in [0, 0.05) is 24.2 Å². The van der Waals surface area contributed by atoms with Gasteiger partial charge < -0.3 is 19.9 Å². The molecule has 0 fully saturated rings. The van der Waals surface area contributed by atoms with Gasteiger partial charge in [-0.1, -0.05) is 67.1 Å². The number of nitrogens with zero attached hydrogens (tertiary/aromatic N) is 1. The summed E-state index contributed by atoms with van der Waals surface area (Å²) in [7, 11) is 0. The van der Waals surface area contributed by atoms with Crippen molar-refractivity contribution >= 4 is 11.9 Å². The Hall–Kier alpha value is -4.56. The number of aryl methyl sites for hydroxylation is 3. The Morgan fingerprint density at radius 1 is 0.938 bits per heavy atom. The number of aromatic nitrogens is 1. The van der Waals surface area contributed by atoms with Gasteiger partial charge in [-0.05, 0) is 110 Å². The van der Waals surface area contributed by atoms with Crippen LogP contribution in [0.3, 0.4) is 0 Å². The summed E-state index contributed by atoms with van der Waals surface area (Å²) < 4.78 is 24.7. The molecule has 3 aromatic carbocycles. The summed E-state index contributed by atoms with van der Waals surface area (Å²) in [6.45, 7) is 2.65. The summed E-state index contributed by atoms with van der Waals surface area (Å²) in [5, 5.41) is 13.3. The Labute approximate surface area is 282 Å². The van der Waals surface area contributed by atoms with E-state index in [-0.39, 0.29) is 29.6 Å². The molecule has 2 N–H and O–H groups in total. The van der Waals surface area contributed by atoms with Crippen molar-refractivity contribution in [2.24, 2.45) is 0 Å². The predicted octanol–water partition coefficient (Wildman–Crippen LogP) is 7.98. The van der Waals surface area contributed by atoms with Gasteiger partial charge in [0.1, 0.15) is 23.9 Å². The maximum Gasteiger partial charge on any atom is 0.354 e. The maximum absolute atomic E-state index is 13.2. The normalized spacial score (nSPS) is 14.6. The number of esters is 1. The van der Waals surface area contributed by atoms with Crippen LogP contribution in [0.25, 0.3) is 0 Å². The van der Waals surface area contributed by atoms with E-state index >= 15 is 0 Å². The summed E-state index contributed by atoms with van der Waals surface area (Å²) in [5.41, 5.74) is 6.51. The first-order valence-corrected chi connectivity index (χ1v) is 17.1. The second-order valence-electron chi connectivity index (χ2n) is 12.4. The van der Waals surface area contributed by atoms with Crippen LogP contribution in [0, 0.1) is 5.82 Å². The number of carbonyl (C=O) groups is 2. The SMILES string of the molecule is CCOC(=O)CCCCC(Cc1ccccc1OCc1ccc(CCc2ccc(F)cc2)cc1)NC1CCCc2nc(C(=O)O)ccc21.